The minimum Gasteiger partial charge on any atom is -0.507 e. The number of Topliss-reactive ketones (excluding diaryl/α,β-unsaturated/α-hetero) is 1. The van der Waals surface area contributed by atoms with Crippen LogP contribution in [0.25, 0.3) is 0 Å². The standard InChI is InChI=1S/C14H11NO4/c16-13-4-2-1-3-12(13)14(17)9-10-5-7-11(8-6-10)15(18)19/h1-8,16H,9H2. The Balaban J connectivity index is 2.15. The number of phenols is 1. The largest absolute Gasteiger partial charge is 0.507 e. The van der Waals surface area contributed by atoms with Crippen molar-refractivity contribution >= 4 is 11.5 Å². The monoisotopic (exact) mass is 257 g/mol. The normalized spacial score (nSPS) is 10.1. The van der Waals surface area contributed by atoms with Crippen molar-refractivity contribution in [3.63, 3.8) is 0 Å². The van der Waals surface area contributed by atoms with Crippen molar-refractivity contribution in [3.05, 3.63) is 69.8 Å². The van der Waals surface area contributed by atoms with E-state index in [2.05, 4.69) is 0 Å². The van der Waals surface area contributed by atoms with Crippen LogP contribution < -0.4 is 0 Å². The molecule has 19 heavy (non-hydrogen) atoms. The molecule has 5 nitrogen and oxygen atoms in total. The summed E-state index contributed by atoms with van der Waals surface area (Å²) in [4.78, 5) is 22.0. The molecule has 0 saturated carbocycles. The van der Waals surface area contributed by atoms with Crippen LogP contribution in [0.5, 0.6) is 5.75 Å². The zero-order valence-corrected chi connectivity index (χ0v) is 9.95. The summed E-state index contributed by atoms with van der Waals surface area (Å²) < 4.78 is 0. The van der Waals surface area contributed by atoms with Crippen LogP contribution in [-0.2, 0) is 6.42 Å². The second-order valence-corrected chi connectivity index (χ2v) is 4.04. The average molecular weight is 257 g/mol. The Bertz CT molecular complexity index is 620. The second-order valence-electron chi connectivity index (χ2n) is 4.04. The van der Waals surface area contributed by atoms with Crippen molar-refractivity contribution in [1.29, 1.82) is 0 Å². The van der Waals surface area contributed by atoms with Gasteiger partial charge in [-0.3, -0.25) is 14.9 Å². The average Bonchev–Trinajstić information content (AvgIpc) is 2.39. The number of para-hydroxylation sites is 1. The highest BCUT2D eigenvalue weighted by Gasteiger charge is 2.12. The predicted molar refractivity (Wildman–Crippen MR) is 69.2 cm³/mol. The Morgan fingerprint density at radius 2 is 1.74 bits per heavy atom. The number of nitrogens with zero attached hydrogens (tertiary/aromatic N) is 1. The van der Waals surface area contributed by atoms with E-state index in [-0.39, 0.29) is 29.2 Å². The first-order valence-electron chi connectivity index (χ1n) is 5.62. The molecule has 2 rings (SSSR count). The molecule has 0 radical (unpaired) electrons. The van der Waals surface area contributed by atoms with E-state index in [9.17, 15) is 20.0 Å². The van der Waals surface area contributed by atoms with Gasteiger partial charge in [-0.1, -0.05) is 24.3 Å². The van der Waals surface area contributed by atoms with Crippen molar-refractivity contribution in [2.75, 3.05) is 0 Å². The van der Waals surface area contributed by atoms with E-state index in [0.29, 0.717) is 5.56 Å². The molecule has 0 unspecified atom stereocenters. The second kappa shape index (κ2) is 5.30. The molecular weight excluding hydrogens is 246 g/mol. The quantitative estimate of drug-likeness (QED) is 0.518. The van der Waals surface area contributed by atoms with Gasteiger partial charge in [0.05, 0.1) is 10.5 Å². The number of hydrogen-bond acceptors (Lipinski definition) is 4. The highest BCUT2D eigenvalue weighted by Crippen LogP contribution is 2.19. The molecule has 0 aliphatic rings. The van der Waals surface area contributed by atoms with Crippen molar-refractivity contribution < 1.29 is 14.8 Å². The van der Waals surface area contributed by atoms with Gasteiger partial charge in [0.25, 0.3) is 5.69 Å². The summed E-state index contributed by atoms with van der Waals surface area (Å²) in [5.74, 6) is -0.290. The van der Waals surface area contributed by atoms with Gasteiger partial charge in [0.1, 0.15) is 5.75 Å². The number of ketones is 1. The van der Waals surface area contributed by atoms with Crippen LogP contribution in [0.15, 0.2) is 48.5 Å². The molecule has 96 valence electrons. The van der Waals surface area contributed by atoms with Gasteiger partial charge in [-0.15, -0.1) is 0 Å². The molecule has 0 saturated heterocycles. The maximum Gasteiger partial charge on any atom is 0.269 e. The summed E-state index contributed by atoms with van der Waals surface area (Å²) in [6.45, 7) is 0. The third-order valence-corrected chi connectivity index (χ3v) is 2.72. The third kappa shape index (κ3) is 2.95. The molecule has 0 heterocycles. The Kier molecular flexibility index (Phi) is 3.56. The summed E-state index contributed by atoms with van der Waals surface area (Å²) in [5.41, 5.74) is 0.901. The molecule has 1 N–H and O–H groups in total. The van der Waals surface area contributed by atoms with Crippen LogP contribution in [0.4, 0.5) is 5.69 Å². The maximum atomic E-state index is 12.0. The van der Waals surface area contributed by atoms with E-state index in [1.165, 1.54) is 30.3 Å². The number of rotatable bonds is 4. The van der Waals surface area contributed by atoms with Crippen molar-refractivity contribution in [2.24, 2.45) is 0 Å². The van der Waals surface area contributed by atoms with Crippen molar-refractivity contribution in [1.82, 2.24) is 0 Å². The zero-order valence-electron chi connectivity index (χ0n) is 9.95. The summed E-state index contributed by atoms with van der Waals surface area (Å²) in [6.07, 6.45) is 0.0928. The van der Waals surface area contributed by atoms with Crippen molar-refractivity contribution in [3.8, 4) is 5.75 Å². The Labute approximate surface area is 109 Å². The number of carbonyl (C=O) groups excluding carboxylic acids is 1. The SMILES string of the molecule is O=C(Cc1ccc([N+](=O)[O-])cc1)c1ccccc1O. The number of nitro benzene ring substituents is 1. The Morgan fingerprint density at radius 1 is 1.11 bits per heavy atom. The fraction of sp³-hybridized carbons (Fsp3) is 0.0714. The molecule has 5 heteroatoms. The Morgan fingerprint density at radius 3 is 2.32 bits per heavy atom. The molecule has 0 fully saturated rings. The molecule has 0 spiro atoms. The summed E-state index contributed by atoms with van der Waals surface area (Å²) >= 11 is 0. The Hall–Kier alpha value is -2.69. The minimum atomic E-state index is -0.491. The lowest BCUT2D eigenvalue weighted by atomic mass is 10.0. The lowest BCUT2D eigenvalue weighted by Crippen LogP contribution is -2.03. The van der Waals surface area contributed by atoms with Crippen LogP contribution >= 0.6 is 0 Å². The van der Waals surface area contributed by atoms with E-state index in [1.807, 2.05) is 0 Å². The first-order valence-corrected chi connectivity index (χ1v) is 5.62. The molecule has 2 aromatic carbocycles. The fourth-order valence-corrected chi connectivity index (χ4v) is 1.73. The number of non-ortho nitro benzene ring substituents is 1. The molecule has 0 bridgehead atoms. The number of phenolic OH excluding ortho intramolecular Hbond substituents is 1. The number of benzene rings is 2. The fourth-order valence-electron chi connectivity index (χ4n) is 1.73. The lowest BCUT2D eigenvalue weighted by Gasteiger charge is -2.03. The minimum absolute atomic E-state index is 0.0150. The van der Waals surface area contributed by atoms with Gasteiger partial charge in [-0.2, -0.15) is 0 Å². The zero-order chi connectivity index (χ0) is 13.8. The van der Waals surface area contributed by atoms with Gasteiger partial charge >= 0.3 is 0 Å². The smallest absolute Gasteiger partial charge is 0.269 e. The third-order valence-electron chi connectivity index (χ3n) is 2.72. The summed E-state index contributed by atoms with van der Waals surface area (Å²) in [6, 6.07) is 12.1. The van der Waals surface area contributed by atoms with E-state index in [4.69, 9.17) is 0 Å². The van der Waals surface area contributed by atoms with E-state index in [1.54, 1.807) is 18.2 Å². The lowest BCUT2D eigenvalue weighted by molar-refractivity contribution is -0.384. The van der Waals surface area contributed by atoms with Gasteiger partial charge in [-0.25, -0.2) is 0 Å². The predicted octanol–water partition coefficient (Wildman–Crippen LogP) is 2.73. The molecule has 0 amide bonds. The van der Waals surface area contributed by atoms with Crippen LogP contribution in [0.1, 0.15) is 15.9 Å². The highest BCUT2D eigenvalue weighted by molar-refractivity contribution is 5.99. The summed E-state index contributed by atoms with van der Waals surface area (Å²) in [5, 5.41) is 20.1. The number of carbonyl (C=O) groups is 1. The van der Waals surface area contributed by atoms with Gasteiger partial charge in [0.15, 0.2) is 5.78 Å². The number of hydrogen-bond donors (Lipinski definition) is 1. The molecular formula is C14H11NO4. The van der Waals surface area contributed by atoms with E-state index in [0.717, 1.165) is 0 Å². The molecule has 0 atom stereocenters. The van der Waals surface area contributed by atoms with Gasteiger partial charge < -0.3 is 5.11 Å². The first-order chi connectivity index (χ1) is 9.08. The first kappa shape index (κ1) is 12.8. The summed E-state index contributed by atoms with van der Waals surface area (Å²) in [7, 11) is 0. The topological polar surface area (TPSA) is 80.4 Å². The maximum absolute atomic E-state index is 12.0. The van der Waals surface area contributed by atoms with Crippen LogP contribution in [0, 0.1) is 10.1 Å². The number of aromatic hydroxyl groups is 1. The van der Waals surface area contributed by atoms with Crippen molar-refractivity contribution in [2.45, 2.75) is 6.42 Å². The molecule has 0 aliphatic heterocycles. The molecule has 0 aromatic heterocycles. The molecule has 0 aliphatic carbocycles. The highest BCUT2D eigenvalue weighted by atomic mass is 16.6. The number of nitro groups is 1. The molecule has 2 aromatic rings. The van der Waals surface area contributed by atoms with Gasteiger partial charge in [-0.05, 0) is 17.7 Å². The van der Waals surface area contributed by atoms with Crippen LogP contribution in [0.3, 0.4) is 0 Å². The van der Waals surface area contributed by atoms with Crippen LogP contribution in [-0.4, -0.2) is 15.8 Å². The van der Waals surface area contributed by atoms with Gasteiger partial charge in [0, 0.05) is 18.6 Å². The van der Waals surface area contributed by atoms with E-state index >= 15 is 0 Å². The van der Waals surface area contributed by atoms with Crippen LogP contribution in [0.2, 0.25) is 0 Å². The van der Waals surface area contributed by atoms with E-state index < -0.39 is 4.92 Å². The van der Waals surface area contributed by atoms with Gasteiger partial charge in [0.2, 0.25) is 0 Å².